The third-order valence-corrected chi connectivity index (χ3v) is 6.03. The summed E-state index contributed by atoms with van der Waals surface area (Å²) in [5.74, 6) is -0.280. The summed E-state index contributed by atoms with van der Waals surface area (Å²) >= 11 is 0. The minimum absolute atomic E-state index is 0.0364. The van der Waals surface area contributed by atoms with E-state index in [1.807, 2.05) is 0 Å². The lowest BCUT2D eigenvalue weighted by atomic mass is 10.2. The molecule has 11 heteroatoms. The van der Waals surface area contributed by atoms with Gasteiger partial charge in [0.2, 0.25) is 5.91 Å². The van der Waals surface area contributed by atoms with Gasteiger partial charge in [0.1, 0.15) is 5.75 Å². The molecule has 7 nitrogen and oxygen atoms in total. The van der Waals surface area contributed by atoms with E-state index in [1.54, 1.807) is 23.1 Å². The molecule has 2 aromatic rings. The smallest absolute Gasteiger partial charge is 0.495 e. The molecule has 0 bridgehead atoms. The summed E-state index contributed by atoms with van der Waals surface area (Å²) in [6.45, 7) is 0.516. The van der Waals surface area contributed by atoms with Crippen molar-refractivity contribution in [2.45, 2.75) is 23.2 Å². The van der Waals surface area contributed by atoms with Crippen LogP contribution in [-0.4, -0.2) is 39.4 Å². The molecule has 160 valence electrons. The second-order valence-corrected chi connectivity index (χ2v) is 8.40. The molecule has 1 aliphatic rings. The Morgan fingerprint density at radius 1 is 1.13 bits per heavy atom. The Morgan fingerprint density at radius 3 is 2.33 bits per heavy atom. The largest absolute Gasteiger partial charge is 0.501 e. The molecule has 3 rings (SSSR count). The summed E-state index contributed by atoms with van der Waals surface area (Å²) < 4.78 is 65.9. The average Bonchev–Trinajstić information content (AvgIpc) is 3.13. The molecule has 1 aliphatic heterocycles. The lowest BCUT2D eigenvalue weighted by Gasteiger charge is -2.20. The molecule has 30 heavy (non-hydrogen) atoms. The van der Waals surface area contributed by atoms with Crippen LogP contribution < -0.4 is 15.0 Å². The maximum absolute atomic E-state index is 12.6. The number of sulfone groups is 1. The molecule has 1 saturated heterocycles. The van der Waals surface area contributed by atoms with Gasteiger partial charge in [0.05, 0.1) is 17.7 Å². The number of methoxy groups -OCH3 is 1. The number of nitrogens with zero attached hydrogens (tertiary/aromatic N) is 1. The van der Waals surface area contributed by atoms with Gasteiger partial charge in [-0.25, -0.2) is 8.42 Å². The number of hydrogen-bond acceptors (Lipinski definition) is 5. The van der Waals surface area contributed by atoms with Gasteiger partial charge in [-0.1, -0.05) is 0 Å². The number of ether oxygens (including phenoxy) is 1. The predicted octanol–water partition coefficient (Wildman–Crippen LogP) is 3.37. The van der Waals surface area contributed by atoms with Crippen molar-refractivity contribution in [1.82, 2.24) is 0 Å². The van der Waals surface area contributed by atoms with E-state index in [1.165, 1.54) is 7.11 Å². The summed E-state index contributed by atoms with van der Waals surface area (Å²) in [5, 5.41) is 2.57. The highest BCUT2D eigenvalue weighted by Gasteiger charge is 2.46. The molecule has 0 aliphatic carbocycles. The standard InChI is InChI=1S/C19H17F3N2O5S/c1-29-16-9-6-13(11-15(16)24-10-2-3-17(24)25)23-18(26)12-4-7-14(8-5-12)30(27,28)19(20,21)22/h4-9,11H,2-3,10H2,1H3,(H,23,26). The van der Waals surface area contributed by atoms with E-state index in [0.717, 1.165) is 24.3 Å². The van der Waals surface area contributed by atoms with Crippen molar-refractivity contribution in [2.24, 2.45) is 0 Å². The first kappa shape index (κ1) is 21.6. The van der Waals surface area contributed by atoms with E-state index in [0.29, 0.717) is 36.5 Å². The van der Waals surface area contributed by atoms with Crippen molar-refractivity contribution in [3.05, 3.63) is 48.0 Å². The first-order valence-electron chi connectivity index (χ1n) is 8.76. The summed E-state index contributed by atoms with van der Waals surface area (Å²) in [4.78, 5) is 25.1. The minimum atomic E-state index is -5.49. The molecule has 0 aromatic heterocycles. The number of rotatable bonds is 5. The van der Waals surface area contributed by atoms with Crippen molar-refractivity contribution < 1.29 is 35.9 Å². The number of amides is 2. The van der Waals surface area contributed by atoms with Gasteiger partial charge in [0.15, 0.2) is 0 Å². The van der Waals surface area contributed by atoms with E-state index < -0.39 is 26.1 Å². The second-order valence-electron chi connectivity index (χ2n) is 6.46. The molecule has 0 unspecified atom stereocenters. The van der Waals surface area contributed by atoms with Gasteiger partial charge in [-0.3, -0.25) is 9.59 Å². The minimum Gasteiger partial charge on any atom is -0.495 e. The van der Waals surface area contributed by atoms with Crippen molar-refractivity contribution in [3.63, 3.8) is 0 Å². The van der Waals surface area contributed by atoms with Gasteiger partial charge in [-0.05, 0) is 48.9 Å². The van der Waals surface area contributed by atoms with Gasteiger partial charge >= 0.3 is 5.51 Å². The molecule has 2 aromatic carbocycles. The normalized spacial score (nSPS) is 14.7. The first-order chi connectivity index (χ1) is 14.0. The Balaban J connectivity index is 1.82. The Morgan fingerprint density at radius 2 is 1.80 bits per heavy atom. The lowest BCUT2D eigenvalue weighted by molar-refractivity contribution is -0.117. The number of carbonyl (C=O) groups excluding carboxylic acids is 2. The fourth-order valence-corrected chi connectivity index (χ4v) is 3.77. The van der Waals surface area contributed by atoms with Crippen LogP contribution in [0.5, 0.6) is 5.75 Å². The Bertz CT molecular complexity index is 1080. The number of hydrogen-bond donors (Lipinski definition) is 1. The van der Waals surface area contributed by atoms with Crippen LogP contribution in [0.3, 0.4) is 0 Å². The molecule has 0 atom stereocenters. The van der Waals surface area contributed by atoms with E-state index >= 15 is 0 Å². The monoisotopic (exact) mass is 442 g/mol. The highest BCUT2D eigenvalue weighted by Crippen LogP contribution is 2.34. The van der Waals surface area contributed by atoms with Crippen molar-refractivity contribution >= 4 is 33.0 Å². The van der Waals surface area contributed by atoms with Crippen molar-refractivity contribution in [2.75, 3.05) is 23.9 Å². The van der Waals surface area contributed by atoms with Gasteiger partial charge in [0, 0.05) is 24.2 Å². The zero-order chi connectivity index (χ0) is 22.1. The molecule has 0 spiro atoms. The molecular weight excluding hydrogens is 425 g/mol. The number of anilines is 2. The first-order valence-corrected chi connectivity index (χ1v) is 10.2. The van der Waals surface area contributed by atoms with Crippen molar-refractivity contribution in [1.29, 1.82) is 0 Å². The number of nitrogens with one attached hydrogen (secondary N) is 1. The van der Waals surface area contributed by atoms with Gasteiger partial charge in [-0.15, -0.1) is 0 Å². The van der Waals surface area contributed by atoms with Crippen LogP contribution in [0.15, 0.2) is 47.4 Å². The number of benzene rings is 2. The van der Waals surface area contributed by atoms with Crippen LogP contribution in [-0.2, 0) is 14.6 Å². The Kier molecular flexibility index (Phi) is 5.75. The quantitative estimate of drug-likeness (QED) is 0.767. The summed E-state index contributed by atoms with van der Waals surface area (Å²) in [6.07, 6.45) is 1.11. The third-order valence-electron chi connectivity index (χ3n) is 4.53. The van der Waals surface area contributed by atoms with Crippen LogP contribution >= 0.6 is 0 Å². The topological polar surface area (TPSA) is 92.8 Å². The molecule has 1 fully saturated rings. The van der Waals surface area contributed by atoms with Gasteiger partial charge < -0.3 is 15.0 Å². The molecule has 0 saturated carbocycles. The fourth-order valence-electron chi connectivity index (χ4n) is 3.00. The zero-order valence-corrected chi connectivity index (χ0v) is 16.5. The van der Waals surface area contributed by atoms with Crippen molar-refractivity contribution in [3.8, 4) is 5.75 Å². The van der Waals surface area contributed by atoms with Crippen LogP contribution in [0, 0.1) is 0 Å². The van der Waals surface area contributed by atoms with E-state index in [4.69, 9.17) is 4.74 Å². The fraction of sp³-hybridized carbons (Fsp3) is 0.263. The third kappa shape index (κ3) is 4.11. The van der Waals surface area contributed by atoms with Crippen LogP contribution in [0.1, 0.15) is 23.2 Å². The zero-order valence-electron chi connectivity index (χ0n) is 15.7. The summed E-state index contributed by atoms with van der Waals surface area (Å²) in [5.41, 5.74) is -4.64. The summed E-state index contributed by atoms with van der Waals surface area (Å²) in [6, 6.07) is 8.10. The lowest BCUT2D eigenvalue weighted by Crippen LogP contribution is -2.24. The SMILES string of the molecule is COc1ccc(NC(=O)c2ccc(S(=O)(=O)C(F)(F)F)cc2)cc1N1CCCC1=O. The van der Waals surface area contributed by atoms with Crippen LogP contribution in [0.4, 0.5) is 24.5 Å². The molecule has 1 heterocycles. The maximum Gasteiger partial charge on any atom is 0.501 e. The number of halogens is 3. The Labute approximate surface area is 170 Å². The highest BCUT2D eigenvalue weighted by molar-refractivity contribution is 7.92. The average molecular weight is 442 g/mol. The molecule has 0 radical (unpaired) electrons. The molecule has 2 amide bonds. The number of alkyl halides is 3. The highest BCUT2D eigenvalue weighted by atomic mass is 32.2. The van der Waals surface area contributed by atoms with Crippen LogP contribution in [0.25, 0.3) is 0 Å². The molecule has 1 N–H and O–H groups in total. The number of carbonyl (C=O) groups is 2. The molecular formula is C19H17F3N2O5S. The van der Waals surface area contributed by atoms with E-state index in [2.05, 4.69) is 5.32 Å². The second kappa shape index (κ2) is 7.98. The van der Waals surface area contributed by atoms with Gasteiger partial charge in [-0.2, -0.15) is 13.2 Å². The van der Waals surface area contributed by atoms with E-state index in [-0.39, 0.29) is 11.5 Å². The van der Waals surface area contributed by atoms with Gasteiger partial charge in [0.25, 0.3) is 15.7 Å². The van der Waals surface area contributed by atoms with Crippen LogP contribution in [0.2, 0.25) is 0 Å². The van der Waals surface area contributed by atoms with E-state index in [9.17, 15) is 31.2 Å². The predicted molar refractivity (Wildman–Crippen MR) is 102 cm³/mol. The maximum atomic E-state index is 12.6. The summed E-state index contributed by atoms with van der Waals surface area (Å²) in [7, 11) is -4.04. The Hall–Kier alpha value is -3.08.